The summed E-state index contributed by atoms with van der Waals surface area (Å²) in [6.45, 7) is 0.598. The van der Waals surface area contributed by atoms with Crippen LogP contribution in [0.2, 0.25) is 0 Å². The van der Waals surface area contributed by atoms with Gasteiger partial charge in [0.25, 0.3) is 0 Å². The number of thiocarbonyl (C=S) groups is 1. The lowest BCUT2D eigenvalue weighted by molar-refractivity contribution is 0.627. The van der Waals surface area contributed by atoms with Crippen LogP contribution < -0.4 is 11.1 Å². The first kappa shape index (κ1) is 12.4. The standard InChI is InChI=1S/C13H12FN3S/c14-10-3-1-9(2-4-10)8-17-11-5-6-16-12(7-11)13(15)18/h1-7H,8H2,(H2,15,18)(H,16,17). The Morgan fingerprint density at radius 2 is 2.00 bits per heavy atom. The molecule has 2 aromatic rings. The molecule has 5 heteroatoms. The van der Waals surface area contributed by atoms with Gasteiger partial charge in [0.1, 0.15) is 10.8 Å². The molecule has 0 aliphatic carbocycles. The first-order valence-corrected chi connectivity index (χ1v) is 5.80. The number of nitrogens with two attached hydrogens (primary N) is 1. The average Bonchev–Trinajstić information content (AvgIpc) is 2.38. The first-order chi connectivity index (χ1) is 8.65. The third kappa shape index (κ3) is 3.24. The fourth-order valence-corrected chi connectivity index (χ4v) is 1.59. The third-order valence-corrected chi connectivity index (χ3v) is 2.63. The van der Waals surface area contributed by atoms with Crippen molar-refractivity contribution in [1.82, 2.24) is 4.98 Å². The maximum absolute atomic E-state index is 12.7. The van der Waals surface area contributed by atoms with Gasteiger partial charge in [0.15, 0.2) is 0 Å². The molecule has 0 atom stereocenters. The summed E-state index contributed by atoms with van der Waals surface area (Å²) in [4.78, 5) is 4.31. The van der Waals surface area contributed by atoms with E-state index in [0.29, 0.717) is 12.2 Å². The zero-order valence-corrected chi connectivity index (χ0v) is 10.4. The monoisotopic (exact) mass is 261 g/mol. The van der Waals surface area contributed by atoms with Crippen LogP contribution in [0.15, 0.2) is 42.6 Å². The summed E-state index contributed by atoms with van der Waals surface area (Å²) in [7, 11) is 0. The molecule has 0 bridgehead atoms. The molecule has 0 radical (unpaired) electrons. The number of nitrogens with one attached hydrogen (secondary N) is 1. The highest BCUT2D eigenvalue weighted by molar-refractivity contribution is 7.80. The Kier molecular flexibility index (Phi) is 3.84. The third-order valence-electron chi connectivity index (χ3n) is 2.42. The molecule has 2 rings (SSSR count). The van der Waals surface area contributed by atoms with Crippen LogP contribution in [0.5, 0.6) is 0 Å². The van der Waals surface area contributed by atoms with E-state index in [4.69, 9.17) is 18.0 Å². The number of hydrogen-bond acceptors (Lipinski definition) is 3. The van der Waals surface area contributed by atoms with Gasteiger partial charge in [0.05, 0.1) is 5.69 Å². The van der Waals surface area contributed by atoms with Gasteiger partial charge in [-0.15, -0.1) is 0 Å². The summed E-state index contributed by atoms with van der Waals surface area (Å²) in [5.41, 5.74) is 7.95. The van der Waals surface area contributed by atoms with Crippen molar-refractivity contribution in [3.63, 3.8) is 0 Å². The Labute approximate surface area is 110 Å². The molecule has 3 nitrogen and oxygen atoms in total. The van der Waals surface area contributed by atoms with Gasteiger partial charge >= 0.3 is 0 Å². The summed E-state index contributed by atoms with van der Waals surface area (Å²) >= 11 is 4.86. The minimum Gasteiger partial charge on any atom is -0.388 e. The largest absolute Gasteiger partial charge is 0.388 e. The van der Waals surface area contributed by atoms with Crippen LogP contribution >= 0.6 is 12.2 Å². The van der Waals surface area contributed by atoms with E-state index in [2.05, 4.69) is 10.3 Å². The number of aromatic nitrogens is 1. The van der Waals surface area contributed by atoms with Crippen molar-refractivity contribution in [2.75, 3.05) is 5.32 Å². The van der Waals surface area contributed by atoms with E-state index in [1.54, 1.807) is 24.4 Å². The SMILES string of the molecule is NC(=S)c1cc(NCc2ccc(F)cc2)ccn1. The number of rotatable bonds is 4. The van der Waals surface area contributed by atoms with Crippen molar-refractivity contribution in [2.24, 2.45) is 5.73 Å². The fourth-order valence-electron chi connectivity index (χ4n) is 1.48. The molecule has 92 valence electrons. The minimum absolute atomic E-state index is 0.238. The smallest absolute Gasteiger partial charge is 0.123 e. The minimum atomic E-state index is -0.238. The predicted molar refractivity (Wildman–Crippen MR) is 73.9 cm³/mol. The Bertz CT molecular complexity index is 554. The van der Waals surface area contributed by atoms with Gasteiger partial charge in [-0.1, -0.05) is 24.4 Å². The summed E-state index contributed by atoms with van der Waals surface area (Å²) < 4.78 is 12.7. The van der Waals surface area contributed by atoms with E-state index in [0.717, 1.165) is 11.3 Å². The molecule has 18 heavy (non-hydrogen) atoms. The van der Waals surface area contributed by atoms with Crippen LogP contribution in [0.1, 0.15) is 11.3 Å². The molecule has 0 saturated heterocycles. The van der Waals surface area contributed by atoms with Crippen molar-refractivity contribution >= 4 is 22.9 Å². The molecule has 0 unspecified atom stereocenters. The molecule has 0 saturated carbocycles. The first-order valence-electron chi connectivity index (χ1n) is 5.39. The van der Waals surface area contributed by atoms with Crippen LogP contribution in [0.3, 0.4) is 0 Å². The molecule has 0 aliphatic rings. The second-order valence-electron chi connectivity index (χ2n) is 3.77. The second-order valence-corrected chi connectivity index (χ2v) is 4.21. The van der Waals surface area contributed by atoms with Crippen molar-refractivity contribution in [2.45, 2.75) is 6.54 Å². The lowest BCUT2D eigenvalue weighted by Crippen LogP contribution is -2.12. The van der Waals surface area contributed by atoms with Crippen LogP contribution in [0.4, 0.5) is 10.1 Å². The Morgan fingerprint density at radius 1 is 1.28 bits per heavy atom. The normalized spacial score (nSPS) is 10.1. The number of benzene rings is 1. The van der Waals surface area contributed by atoms with E-state index in [1.165, 1.54) is 12.1 Å². The molecule has 3 N–H and O–H groups in total. The van der Waals surface area contributed by atoms with Crippen LogP contribution in [-0.4, -0.2) is 9.97 Å². The molecule has 1 heterocycles. The van der Waals surface area contributed by atoms with E-state index in [9.17, 15) is 4.39 Å². The van der Waals surface area contributed by atoms with Crippen LogP contribution in [0, 0.1) is 5.82 Å². The van der Waals surface area contributed by atoms with Gasteiger partial charge < -0.3 is 11.1 Å². The van der Waals surface area contributed by atoms with Crippen LogP contribution in [0.25, 0.3) is 0 Å². The lowest BCUT2D eigenvalue weighted by Gasteiger charge is -2.07. The molecule has 0 aliphatic heterocycles. The number of anilines is 1. The number of hydrogen-bond donors (Lipinski definition) is 2. The maximum atomic E-state index is 12.7. The van der Waals surface area contributed by atoms with Crippen molar-refractivity contribution in [3.8, 4) is 0 Å². The predicted octanol–water partition coefficient (Wildman–Crippen LogP) is 2.47. The van der Waals surface area contributed by atoms with Gasteiger partial charge in [0, 0.05) is 18.4 Å². The summed E-state index contributed by atoms with van der Waals surface area (Å²) in [6.07, 6.45) is 1.64. The highest BCUT2D eigenvalue weighted by Crippen LogP contribution is 2.10. The highest BCUT2D eigenvalue weighted by Gasteiger charge is 2.00. The fraction of sp³-hybridized carbons (Fsp3) is 0.0769. The van der Waals surface area contributed by atoms with Crippen molar-refractivity contribution < 1.29 is 4.39 Å². The van der Waals surface area contributed by atoms with Crippen molar-refractivity contribution in [3.05, 3.63) is 59.7 Å². The molecule has 0 amide bonds. The second kappa shape index (κ2) is 5.55. The zero-order valence-electron chi connectivity index (χ0n) is 9.56. The van der Waals surface area contributed by atoms with Gasteiger partial charge in [-0.2, -0.15) is 0 Å². The average molecular weight is 261 g/mol. The van der Waals surface area contributed by atoms with E-state index >= 15 is 0 Å². The topological polar surface area (TPSA) is 50.9 Å². The maximum Gasteiger partial charge on any atom is 0.123 e. The van der Waals surface area contributed by atoms with Gasteiger partial charge in [-0.05, 0) is 29.8 Å². The van der Waals surface area contributed by atoms with Gasteiger partial charge in [-0.3, -0.25) is 4.98 Å². The highest BCUT2D eigenvalue weighted by atomic mass is 32.1. The Balaban J connectivity index is 2.04. The number of halogens is 1. The van der Waals surface area contributed by atoms with Gasteiger partial charge in [0.2, 0.25) is 0 Å². The lowest BCUT2D eigenvalue weighted by atomic mass is 10.2. The molecular formula is C13H12FN3S. The number of nitrogens with zero attached hydrogens (tertiary/aromatic N) is 1. The molecule has 0 spiro atoms. The quantitative estimate of drug-likeness (QED) is 0.830. The summed E-state index contributed by atoms with van der Waals surface area (Å²) in [5, 5.41) is 3.20. The Hall–Kier alpha value is -2.01. The zero-order chi connectivity index (χ0) is 13.0. The van der Waals surface area contributed by atoms with Crippen molar-refractivity contribution in [1.29, 1.82) is 0 Å². The van der Waals surface area contributed by atoms with Gasteiger partial charge in [-0.25, -0.2) is 4.39 Å². The van der Waals surface area contributed by atoms with Crippen LogP contribution in [-0.2, 0) is 6.54 Å². The number of pyridine rings is 1. The molecule has 0 fully saturated rings. The van der Waals surface area contributed by atoms with E-state index in [-0.39, 0.29) is 10.8 Å². The molecule has 1 aromatic carbocycles. The molecule has 1 aromatic heterocycles. The summed E-state index contributed by atoms with van der Waals surface area (Å²) in [6, 6.07) is 9.95. The van der Waals surface area contributed by atoms with E-state index < -0.39 is 0 Å². The summed E-state index contributed by atoms with van der Waals surface area (Å²) in [5.74, 6) is -0.238. The molecular weight excluding hydrogens is 249 g/mol. The van der Waals surface area contributed by atoms with E-state index in [1.807, 2.05) is 6.07 Å². The Morgan fingerprint density at radius 3 is 2.67 bits per heavy atom.